The molecule has 1 aliphatic carbocycles. The van der Waals surface area contributed by atoms with Crippen LogP contribution in [0.2, 0.25) is 0 Å². The molecule has 2 aliphatic rings. The number of benzene rings is 1. The zero-order valence-electron chi connectivity index (χ0n) is 19.3. The number of primary amides is 1. The molecule has 0 radical (unpaired) electrons. The van der Waals surface area contributed by atoms with Crippen molar-refractivity contribution in [1.29, 1.82) is 0 Å². The number of aromatic hydroxyl groups is 1. The van der Waals surface area contributed by atoms with Gasteiger partial charge >= 0.3 is 0 Å². The molecular formula is C26H40N2O3. The van der Waals surface area contributed by atoms with Crippen LogP contribution in [-0.4, -0.2) is 41.3 Å². The molecule has 1 saturated heterocycles. The van der Waals surface area contributed by atoms with E-state index in [9.17, 15) is 14.7 Å². The fourth-order valence-electron chi connectivity index (χ4n) is 5.76. The molecule has 1 aliphatic heterocycles. The number of likely N-dealkylation sites (tertiary alicyclic amines) is 1. The Bertz CT molecular complexity index is 759. The molecule has 1 amide bonds. The molecule has 1 heterocycles. The first-order chi connectivity index (χ1) is 14.8. The van der Waals surface area contributed by atoms with E-state index in [1.54, 1.807) is 6.07 Å². The molecular weight excluding hydrogens is 388 g/mol. The number of phenolic OH excluding ortho intramolecular Hbond substituents is 1. The van der Waals surface area contributed by atoms with Crippen molar-refractivity contribution in [2.75, 3.05) is 19.6 Å². The third-order valence-corrected chi connectivity index (χ3v) is 8.08. The Balaban J connectivity index is 1.60. The molecule has 2 fully saturated rings. The van der Waals surface area contributed by atoms with Crippen LogP contribution in [0.1, 0.15) is 77.2 Å². The van der Waals surface area contributed by atoms with Gasteiger partial charge in [0.05, 0.1) is 0 Å². The van der Waals surface area contributed by atoms with Gasteiger partial charge < -0.3 is 15.7 Å². The Morgan fingerprint density at radius 2 is 1.97 bits per heavy atom. The quantitative estimate of drug-likeness (QED) is 0.610. The number of hydrogen-bond donors (Lipinski definition) is 2. The van der Waals surface area contributed by atoms with Crippen LogP contribution in [0, 0.1) is 17.8 Å². The number of nitrogens with zero attached hydrogens (tertiary/aromatic N) is 1. The number of hydrogen-bond acceptors (Lipinski definition) is 4. The Labute approximate surface area is 187 Å². The van der Waals surface area contributed by atoms with E-state index in [0.29, 0.717) is 24.0 Å². The topological polar surface area (TPSA) is 83.6 Å². The standard InChI is InChI=1S/C26H40N2O3/c1-19-18-28(16-14-26(19,2)21-9-6-10-22(29)17-21)15-13-23(20-7-4-3-5-8-20)24(30)11-12-25(27)31/h6,9-10,17,19-20,23,29H,3-5,7-8,11-16,18H2,1-2H3,(H2,27,31). The fraction of sp³-hybridized carbons (Fsp3) is 0.692. The average Bonchev–Trinajstić information content (AvgIpc) is 2.75. The maximum atomic E-state index is 13.0. The molecule has 0 spiro atoms. The highest BCUT2D eigenvalue weighted by Crippen LogP contribution is 2.41. The summed E-state index contributed by atoms with van der Waals surface area (Å²) in [5.74, 6) is 1.18. The van der Waals surface area contributed by atoms with Crippen molar-refractivity contribution in [3.8, 4) is 5.75 Å². The van der Waals surface area contributed by atoms with Gasteiger partial charge in [-0.3, -0.25) is 9.59 Å². The van der Waals surface area contributed by atoms with Gasteiger partial charge in [-0.05, 0) is 73.7 Å². The van der Waals surface area contributed by atoms with Crippen LogP contribution >= 0.6 is 0 Å². The van der Waals surface area contributed by atoms with Crippen molar-refractivity contribution in [2.24, 2.45) is 23.5 Å². The molecule has 3 rings (SSSR count). The van der Waals surface area contributed by atoms with E-state index < -0.39 is 0 Å². The molecule has 0 aromatic heterocycles. The molecule has 1 aromatic rings. The zero-order chi connectivity index (χ0) is 22.4. The first-order valence-electron chi connectivity index (χ1n) is 12.1. The van der Waals surface area contributed by atoms with Gasteiger partial charge in [-0.25, -0.2) is 0 Å². The van der Waals surface area contributed by atoms with E-state index in [0.717, 1.165) is 45.3 Å². The number of rotatable bonds is 9. The minimum Gasteiger partial charge on any atom is -0.508 e. The normalized spacial score (nSPS) is 26.5. The Kier molecular flexibility index (Phi) is 8.15. The van der Waals surface area contributed by atoms with Crippen LogP contribution in [0.5, 0.6) is 5.75 Å². The second kappa shape index (κ2) is 10.6. The number of phenols is 1. The highest BCUT2D eigenvalue weighted by molar-refractivity contribution is 5.86. The molecule has 5 nitrogen and oxygen atoms in total. The van der Waals surface area contributed by atoms with Gasteiger partial charge in [0, 0.05) is 25.3 Å². The molecule has 172 valence electrons. The van der Waals surface area contributed by atoms with Gasteiger partial charge in [0.15, 0.2) is 0 Å². The fourth-order valence-corrected chi connectivity index (χ4v) is 5.76. The minimum absolute atomic E-state index is 0.0509. The summed E-state index contributed by atoms with van der Waals surface area (Å²) < 4.78 is 0. The first-order valence-corrected chi connectivity index (χ1v) is 12.1. The first kappa shape index (κ1) is 23.8. The largest absolute Gasteiger partial charge is 0.508 e. The highest BCUT2D eigenvalue weighted by Gasteiger charge is 2.38. The lowest BCUT2D eigenvalue weighted by Crippen LogP contribution is -2.48. The van der Waals surface area contributed by atoms with Crippen LogP contribution in [0.25, 0.3) is 0 Å². The maximum absolute atomic E-state index is 13.0. The summed E-state index contributed by atoms with van der Waals surface area (Å²) in [6.45, 7) is 7.54. The smallest absolute Gasteiger partial charge is 0.217 e. The third-order valence-electron chi connectivity index (χ3n) is 8.08. The maximum Gasteiger partial charge on any atom is 0.217 e. The molecule has 3 unspecified atom stereocenters. The summed E-state index contributed by atoms with van der Waals surface area (Å²) in [5, 5.41) is 9.92. The second-order valence-electron chi connectivity index (χ2n) is 10.1. The monoisotopic (exact) mass is 428 g/mol. The highest BCUT2D eigenvalue weighted by atomic mass is 16.3. The van der Waals surface area contributed by atoms with E-state index in [4.69, 9.17) is 5.73 Å². The van der Waals surface area contributed by atoms with Gasteiger partial charge in [0.1, 0.15) is 11.5 Å². The number of piperidine rings is 1. The van der Waals surface area contributed by atoms with Crippen molar-refractivity contribution in [3.05, 3.63) is 29.8 Å². The number of carbonyl (C=O) groups is 2. The number of amides is 1. The van der Waals surface area contributed by atoms with Crippen molar-refractivity contribution >= 4 is 11.7 Å². The molecule has 3 atom stereocenters. The molecule has 3 N–H and O–H groups in total. The van der Waals surface area contributed by atoms with Gasteiger partial charge in [0.25, 0.3) is 0 Å². The van der Waals surface area contributed by atoms with E-state index in [-0.39, 0.29) is 29.4 Å². The van der Waals surface area contributed by atoms with Crippen LogP contribution < -0.4 is 5.73 Å². The number of ketones is 1. The van der Waals surface area contributed by atoms with Gasteiger partial charge in [-0.15, -0.1) is 0 Å². The second-order valence-corrected chi connectivity index (χ2v) is 10.1. The third kappa shape index (κ3) is 6.09. The van der Waals surface area contributed by atoms with Gasteiger partial charge in [-0.1, -0.05) is 45.2 Å². The summed E-state index contributed by atoms with van der Waals surface area (Å²) >= 11 is 0. The van der Waals surface area contributed by atoms with Crippen molar-refractivity contribution in [2.45, 2.75) is 77.0 Å². The summed E-state index contributed by atoms with van der Waals surface area (Å²) in [6, 6.07) is 7.69. The summed E-state index contributed by atoms with van der Waals surface area (Å²) in [5.41, 5.74) is 6.55. The molecule has 1 saturated carbocycles. The Hall–Kier alpha value is -1.88. The summed E-state index contributed by atoms with van der Waals surface area (Å²) in [7, 11) is 0. The number of carbonyl (C=O) groups excluding carboxylic acids is 2. The summed E-state index contributed by atoms with van der Waals surface area (Å²) in [6.07, 6.45) is 8.38. The van der Waals surface area contributed by atoms with Crippen molar-refractivity contribution in [3.63, 3.8) is 0 Å². The molecule has 5 heteroatoms. The van der Waals surface area contributed by atoms with Gasteiger partial charge in [-0.2, -0.15) is 0 Å². The van der Waals surface area contributed by atoms with E-state index >= 15 is 0 Å². The minimum atomic E-state index is -0.383. The predicted molar refractivity (Wildman–Crippen MR) is 124 cm³/mol. The lowest BCUT2D eigenvalue weighted by molar-refractivity contribution is -0.128. The lowest BCUT2D eigenvalue weighted by atomic mass is 9.68. The Morgan fingerprint density at radius 1 is 1.23 bits per heavy atom. The van der Waals surface area contributed by atoms with Crippen LogP contribution in [0.15, 0.2) is 24.3 Å². The van der Waals surface area contributed by atoms with Crippen LogP contribution in [-0.2, 0) is 15.0 Å². The van der Waals surface area contributed by atoms with Crippen LogP contribution in [0.3, 0.4) is 0 Å². The van der Waals surface area contributed by atoms with E-state index in [2.05, 4.69) is 24.8 Å². The lowest BCUT2D eigenvalue weighted by Gasteiger charge is -2.45. The molecule has 31 heavy (non-hydrogen) atoms. The number of Topliss-reactive ketones (excluding diaryl/α,β-unsaturated/α-hetero) is 1. The Morgan fingerprint density at radius 3 is 2.61 bits per heavy atom. The molecule has 1 aromatic carbocycles. The summed E-state index contributed by atoms with van der Waals surface area (Å²) in [4.78, 5) is 26.6. The SMILES string of the molecule is CC1CN(CCC(C(=O)CCC(N)=O)C2CCCCC2)CCC1(C)c1cccc(O)c1. The average molecular weight is 429 g/mol. The number of nitrogens with two attached hydrogens (primary N) is 1. The van der Waals surface area contributed by atoms with Crippen LogP contribution in [0.4, 0.5) is 0 Å². The van der Waals surface area contributed by atoms with Crippen molar-refractivity contribution < 1.29 is 14.7 Å². The van der Waals surface area contributed by atoms with Gasteiger partial charge in [0.2, 0.25) is 5.91 Å². The van der Waals surface area contributed by atoms with E-state index in [1.807, 2.05) is 12.1 Å². The van der Waals surface area contributed by atoms with Crippen molar-refractivity contribution in [1.82, 2.24) is 4.90 Å². The van der Waals surface area contributed by atoms with E-state index in [1.165, 1.54) is 24.8 Å². The zero-order valence-corrected chi connectivity index (χ0v) is 19.3. The predicted octanol–water partition coefficient (Wildman–Crippen LogP) is 4.41. The molecule has 0 bridgehead atoms.